The van der Waals surface area contributed by atoms with Crippen molar-refractivity contribution in [3.05, 3.63) is 56.4 Å². The smallest absolute Gasteiger partial charge is 0.262 e. The molecule has 0 amide bonds. The van der Waals surface area contributed by atoms with Gasteiger partial charge in [0.2, 0.25) is 0 Å². The number of ether oxygens (including phenoxy) is 1. The second kappa shape index (κ2) is 6.93. The van der Waals surface area contributed by atoms with Crippen LogP contribution in [0, 0.1) is 5.92 Å². The number of hydrogen-bond acceptors (Lipinski definition) is 5. The summed E-state index contributed by atoms with van der Waals surface area (Å²) in [5, 5.41) is 0.770. The van der Waals surface area contributed by atoms with Gasteiger partial charge in [-0.15, -0.1) is 11.3 Å². The maximum absolute atomic E-state index is 13.2. The molecule has 0 spiro atoms. The van der Waals surface area contributed by atoms with E-state index in [0.717, 1.165) is 35.0 Å². The Hall–Kier alpha value is -2.47. The molecule has 0 saturated carbocycles. The molecule has 3 aromatic rings. The van der Waals surface area contributed by atoms with E-state index < -0.39 is 0 Å². The predicted molar refractivity (Wildman–Crippen MR) is 107 cm³/mol. The van der Waals surface area contributed by atoms with Gasteiger partial charge >= 0.3 is 0 Å². The minimum atomic E-state index is -0.0131. The topological polar surface area (TPSA) is 61.2 Å². The average Bonchev–Trinajstić information content (AvgIpc) is 3.02. The number of ketones is 1. The van der Waals surface area contributed by atoms with E-state index in [9.17, 15) is 9.59 Å². The van der Waals surface area contributed by atoms with Gasteiger partial charge in [0.15, 0.2) is 5.78 Å². The van der Waals surface area contributed by atoms with E-state index in [1.807, 2.05) is 0 Å². The van der Waals surface area contributed by atoms with Gasteiger partial charge in [-0.3, -0.25) is 14.2 Å². The highest BCUT2D eigenvalue weighted by Gasteiger charge is 2.23. The molecular weight excluding hydrogens is 360 g/mol. The van der Waals surface area contributed by atoms with Crippen LogP contribution < -0.4 is 10.3 Å². The summed E-state index contributed by atoms with van der Waals surface area (Å²) in [5.41, 5.74) is 2.58. The van der Waals surface area contributed by atoms with E-state index >= 15 is 0 Å². The Labute approximate surface area is 161 Å². The maximum atomic E-state index is 13.2. The molecule has 2 aromatic heterocycles. The molecule has 1 aliphatic carbocycles. The van der Waals surface area contributed by atoms with E-state index in [4.69, 9.17) is 4.74 Å². The summed E-state index contributed by atoms with van der Waals surface area (Å²) in [4.78, 5) is 31.6. The molecule has 6 heteroatoms. The number of Topliss-reactive ketones (excluding diaryl/α,β-unsaturated/α-hetero) is 1. The lowest BCUT2D eigenvalue weighted by Gasteiger charge is -2.17. The Morgan fingerprint density at radius 2 is 2.22 bits per heavy atom. The molecule has 27 heavy (non-hydrogen) atoms. The maximum Gasteiger partial charge on any atom is 0.262 e. The van der Waals surface area contributed by atoms with Gasteiger partial charge < -0.3 is 4.74 Å². The Morgan fingerprint density at radius 1 is 1.41 bits per heavy atom. The van der Waals surface area contributed by atoms with Gasteiger partial charge in [0, 0.05) is 16.0 Å². The van der Waals surface area contributed by atoms with Crippen molar-refractivity contribution in [1.82, 2.24) is 9.55 Å². The second-order valence-corrected chi connectivity index (χ2v) is 8.38. The van der Waals surface area contributed by atoms with Gasteiger partial charge in [-0.1, -0.05) is 6.92 Å². The van der Waals surface area contributed by atoms with Crippen molar-refractivity contribution in [1.29, 1.82) is 0 Å². The van der Waals surface area contributed by atoms with Crippen LogP contribution in [0.2, 0.25) is 0 Å². The summed E-state index contributed by atoms with van der Waals surface area (Å²) >= 11 is 1.65. The number of aromatic nitrogens is 2. The number of aryl methyl sites for hydroxylation is 1. The molecule has 1 aliphatic rings. The predicted octanol–water partition coefficient (Wildman–Crippen LogP) is 3.84. The van der Waals surface area contributed by atoms with Crippen molar-refractivity contribution >= 4 is 27.3 Å². The van der Waals surface area contributed by atoms with Crippen LogP contribution >= 0.6 is 11.3 Å². The first-order chi connectivity index (χ1) is 13.0. The number of thiophene rings is 1. The molecule has 0 saturated heterocycles. The van der Waals surface area contributed by atoms with E-state index in [-0.39, 0.29) is 11.3 Å². The van der Waals surface area contributed by atoms with E-state index in [1.165, 1.54) is 17.4 Å². The summed E-state index contributed by atoms with van der Waals surface area (Å²) < 4.78 is 7.04. The molecular formula is C21H22N2O3S. The highest BCUT2D eigenvalue weighted by molar-refractivity contribution is 7.18. The van der Waals surface area contributed by atoms with Crippen LogP contribution in [0.25, 0.3) is 10.2 Å². The van der Waals surface area contributed by atoms with Crippen molar-refractivity contribution in [2.45, 2.75) is 39.7 Å². The normalized spacial score (nSPS) is 16.3. The molecule has 1 atom stereocenters. The Balaban J connectivity index is 1.80. The molecule has 1 unspecified atom stereocenters. The molecule has 0 N–H and O–H groups in total. The van der Waals surface area contributed by atoms with Crippen molar-refractivity contribution in [3.8, 4) is 5.75 Å². The van der Waals surface area contributed by atoms with Crippen molar-refractivity contribution in [2.24, 2.45) is 5.92 Å². The lowest BCUT2D eigenvalue weighted by Crippen LogP contribution is -2.22. The van der Waals surface area contributed by atoms with Crippen LogP contribution in [0.5, 0.6) is 5.75 Å². The first-order valence-corrected chi connectivity index (χ1v) is 9.97. The first kappa shape index (κ1) is 17.9. The number of fused-ring (bicyclic) bond motifs is 3. The third-order valence-corrected chi connectivity index (χ3v) is 6.47. The van der Waals surface area contributed by atoms with Crippen LogP contribution in [-0.2, 0) is 19.4 Å². The molecule has 2 heterocycles. The van der Waals surface area contributed by atoms with E-state index in [0.29, 0.717) is 23.8 Å². The van der Waals surface area contributed by atoms with Gasteiger partial charge in [-0.25, -0.2) is 4.98 Å². The minimum absolute atomic E-state index is 0.0117. The number of carbonyl (C=O) groups is 1. The monoisotopic (exact) mass is 382 g/mol. The Bertz CT molecular complexity index is 1100. The summed E-state index contributed by atoms with van der Waals surface area (Å²) in [7, 11) is 1.59. The van der Waals surface area contributed by atoms with Crippen LogP contribution in [0.15, 0.2) is 29.3 Å². The van der Waals surface area contributed by atoms with Gasteiger partial charge in [0.05, 0.1) is 25.4 Å². The number of nitrogens with zero attached hydrogens (tertiary/aromatic N) is 2. The zero-order valence-corrected chi connectivity index (χ0v) is 16.6. The lowest BCUT2D eigenvalue weighted by atomic mass is 9.89. The number of methoxy groups -OCH3 is 1. The van der Waals surface area contributed by atoms with Crippen molar-refractivity contribution < 1.29 is 9.53 Å². The van der Waals surface area contributed by atoms with Crippen LogP contribution in [-0.4, -0.2) is 22.4 Å². The number of hydrogen-bond donors (Lipinski definition) is 0. The molecule has 0 bridgehead atoms. The quantitative estimate of drug-likeness (QED) is 0.643. The summed E-state index contributed by atoms with van der Waals surface area (Å²) in [5.74, 6) is 1.31. The van der Waals surface area contributed by atoms with Crippen molar-refractivity contribution in [3.63, 3.8) is 0 Å². The molecule has 5 nitrogen and oxygen atoms in total. The third kappa shape index (κ3) is 3.18. The first-order valence-electron chi connectivity index (χ1n) is 9.15. The molecule has 0 fully saturated rings. The van der Waals surface area contributed by atoms with Crippen LogP contribution in [0.1, 0.15) is 46.6 Å². The van der Waals surface area contributed by atoms with E-state index in [1.54, 1.807) is 47.5 Å². The number of rotatable bonds is 4. The summed E-state index contributed by atoms with van der Waals surface area (Å²) in [6.07, 6.45) is 4.70. The zero-order chi connectivity index (χ0) is 19.1. The van der Waals surface area contributed by atoms with Gasteiger partial charge in [-0.2, -0.15) is 0 Å². The molecule has 0 radical (unpaired) electrons. The standard InChI is InChI=1S/C21H22N2O3S/c1-12-4-6-16-18(8-12)27-20-19(16)21(25)23(11-22-20)10-15-9-14(13(2)24)5-7-17(15)26-3/h5,7,9,11-12H,4,6,8,10H2,1-3H3. The molecule has 1 aromatic carbocycles. The van der Waals surface area contributed by atoms with Gasteiger partial charge in [0.25, 0.3) is 5.56 Å². The van der Waals surface area contributed by atoms with Gasteiger partial charge in [-0.05, 0) is 55.9 Å². The number of benzene rings is 1. The fourth-order valence-corrected chi connectivity index (χ4v) is 5.12. The molecule has 140 valence electrons. The number of carbonyl (C=O) groups excluding carboxylic acids is 1. The van der Waals surface area contributed by atoms with E-state index in [2.05, 4.69) is 11.9 Å². The van der Waals surface area contributed by atoms with Crippen molar-refractivity contribution in [2.75, 3.05) is 7.11 Å². The SMILES string of the molecule is COc1ccc(C(C)=O)cc1Cn1cnc2sc3c(c2c1=O)CCC(C)C3. The Kier molecular flexibility index (Phi) is 4.60. The highest BCUT2D eigenvalue weighted by atomic mass is 32.1. The van der Waals surface area contributed by atoms with Crippen LogP contribution in [0.3, 0.4) is 0 Å². The fourth-order valence-electron chi connectivity index (χ4n) is 3.78. The average molecular weight is 382 g/mol. The molecule has 4 rings (SSSR count). The summed E-state index contributed by atoms with van der Waals surface area (Å²) in [6, 6.07) is 5.31. The minimum Gasteiger partial charge on any atom is -0.496 e. The van der Waals surface area contributed by atoms with Gasteiger partial charge in [0.1, 0.15) is 10.6 Å². The zero-order valence-electron chi connectivity index (χ0n) is 15.7. The largest absolute Gasteiger partial charge is 0.496 e. The molecule has 0 aliphatic heterocycles. The third-order valence-electron chi connectivity index (χ3n) is 5.31. The van der Waals surface area contributed by atoms with Crippen LogP contribution in [0.4, 0.5) is 0 Å². The summed E-state index contributed by atoms with van der Waals surface area (Å²) in [6.45, 7) is 4.12. The fraction of sp³-hybridized carbons (Fsp3) is 0.381. The lowest BCUT2D eigenvalue weighted by molar-refractivity contribution is 0.101. The second-order valence-electron chi connectivity index (χ2n) is 7.29. The highest BCUT2D eigenvalue weighted by Crippen LogP contribution is 2.35. The Morgan fingerprint density at radius 3 is 2.96 bits per heavy atom.